The van der Waals surface area contributed by atoms with Crippen LogP contribution in [0.5, 0.6) is 5.75 Å². The number of ether oxygens (including phenoxy) is 1. The fourth-order valence-corrected chi connectivity index (χ4v) is 4.50. The molecule has 0 saturated heterocycles. The molecule has 1 unspecified atom stereocenters. The molecule has 1 aliphatic rings. The van der Waals surface area contributed by atoms with Crippen molar-refractivity contribution < 1.29 is 14.6 Å². The van der Waals surface area contributed by atoms with Gasteiger partial charge in [-0.1, -0.05) is 19.3 Å². The van der Waals surface area contributed by atoms with E-state index < -0.39 is 12.0 Å². The molecule has 1 aliphatic carbocycles. The number of nitrogens with two attached hydrogens (primary N) is 2. The van der Waals surface area contributed by atoms with E-state index in [9.17, 15) is 9.90 Å². The molecule has 4 rings (SSSR count). The highest BCUT2D eigenvalue weighted by molar-refractivity contribution is 5.90. The first kappa shape index (κ1) is 24.5. The predicted molar refractivity (Wildman–Crippen MR) is 136 cm³/mol. The molecular formula is C25H33N7O3. The van der Waals surface area contributed by atoms with E-state index in [1.807, 2.05) is 31.2 Å². The number of aryl methyl sites for hydroxylation is 1. The zero-order valence-corrected chi connectivity index (χ0v) is 20.0. The van der Waals surface area contributed by atoms with Crippen molar-refractivity contribution in [3.63, 3.8) is 0 Å². The smallest absolute Gasteiger partial charge is 0.320 e. The van der Waals surface area contributed by atoms with Crippen LogP contribution in [0.2, 0.25) is 0 Å². The van der Waals surface area contributed by atoms with Gasteiger partial charge in [-0.3, -0.25) is 4.79 Å². The predicted octanol–water partition coefficient (Wildman–Crippen LogP) is 3.25. The summed E-state index contributed by atoms with van der Waals surface area (Å²) >= 11 is 0. The summed E-state index contributed by atoms with van der Waals surface area (Å²) in [5, 5.41) is 16.9. The van der Waals surface area contributed by atoms with Gasteiger partial charge in [-0.15, -0.1) is 0 Å². The molecule has 1 atom stereocenters. The quantitative estimate of drug-likeness (QED) is 0.292. The zero-order valence-electron chi connectivity index (χ0n) is 20.0. The van der Waals surface area contributed by atoms with Gasteiger partial charge in [-0.2, -0.15) is 9.97 Å². The minimum absolute atomic E-state index is 0.106. The van der Waals surface area contributed by atoms with Gasteiger partial charge in [0.1, 0.15) is 17.6 Å². The Morgan fingerprint density at radius 1 is 1.17 bits per heavy atom. The van der Waals surface area contributed by atoms with Crippen LogP contribution < -0.4 is 26.8 Å². The summed E-state index contributed by atoms with van der Waals surface area (Å²) in [6.07, 6.45) is 7.83. The maximum Gasteiger partial charge on any atom is 0.320 e. The molecule has 35 heavy (non-hydrogen) atoms. The van der Waals surface area contributed by atoms with Gasteiger partial charge in [-0.05, 0) is 55.2 Å². The molecular weight excluding hydrogens is 446 g/mol. The number of anilines is 3. The summed E-state index contributed by atoms with van der Waals surface area (Å²) in [6.45, 7) is 2.84. The number of nitrogen functional groups attached to an aromatic ring is 2. The van der Waals surface area contributed by atoms with E-state index in [1.54, 1.807) is 6.20 Å². The number of hydrogen-bond donors (Lipinski definition) is 5. The van der Waals surface area contributed by atoms with Crippen LogP contribution in [-0.4, -0.2) is 44.7 Å². The summed E-state index contributed by atoms with van der Waals surface area (Å²) in [6, 6.07) is 7.28. The minimum Gasteiger partial charge on any atom is -0.494 e. The molecule has 0 spiro atoms. The first-order valence-electron chi connectivity index (χ1n) is 12.0. The zero-order chi connectivity index (χ0) is 24.8. The number of carboxylic acid groups (broad SMARTS) is 1. The molecule has 1 aromatic carbocycles. The summed E-state index contributed by atoms with van der Waals surface area (Å²) in [5.74, 6) is 0.298. The fraction of sp³-hybridized carbons (Fsp3) is 0.440. The Hall–Kier alpha value is -3.66. The molecule has 0 amide bonds. The van der Waals surface area contributed by atoms with Crippen molar-refractivity contribution in [1.82, 2.24) is 20.3 Å². The second-order valence-electron chi connectivity index (χ2n) is 8.98. The number of fused-ring (bicyclic) bond motifs is 1. The number of nitrogens with one attached hydrogen (secondary N) is 2. The number of aromatic nitrogens is 3. The average molecular weight is 480 g/mol. The summed E-state index contributed by atoms with van der Waals surface area (Å²) in [4.78, 5) is 24.2. The van der Waals surface area contributed by atoms with E-state index in [2.05, 4.69) is 25.6 Å². The molecule has 7 N–H and O–H groups in total. The first-order chi connectivity index (χ1) is 16.9. The number of rotatable bonds is 10. The third-order valence-corrected chi connectivity index (χ3v) is 6.49. The molecule has 2 heterocycles. The lowest BCUT2D eigenvalue weighted by Gasteiger charge is -2.26. The molecule has 186 valence electrons. The highest BCUT2D eigenvalue weighted by atomic mass is 16.5. The maximum absolute atomic E-state index is 11.6. The lowest BCUT2D eigenvalue weighted by Crippen LogP contribution is -2.44. The Balaban J connectivity index is 1.29. The Labute approximate surface area is 204 Å². The maximum atomic E-state index is 11.6. The third-order valence-electron chi connectivity index (χ3n) is 6.49. The number of nitrogens with zero attached hydrogens (tertiary/aromatic N) is 3. The van der Waals surface area contributed by atoms with Crippen molar-refractivity contribution in [2.75, 3.05) is 23.4 Å². The van der Waals surface area contributed by atoms with Crippen molar-refractivity contribution in [1.29, 1.82) is 0 Å². The van der Waals surface area contributed by atoms with E-state index in [4.69, 9.17) is 16.2 Å². The monoisotopic (exact) mass is 479 g/mol. The van der Waals surface area contributed by atoms with E-state index >= 15 is 0 Å². The molecule has 0 bridgehead atoms. The standard InChI is InChI=1S/C25H33N7O3/c1-15-16(14-29-23-21(15)22(26)31-25(27)32-23)13-28-17-7-9-19(10-8-17)35-12-11-20(24(33)34)30-18-5-3-2-4-6-18/h7-10,14,18,20,28,30H,2-6,11-13H2,1H3,(H,33,34)(H4,26,27,29,31,32). The number of hydrogen-bond acceptors (Lipinski definition) is 9. The Kier molecular flexibility index (Phi) is 7.81. The molecule has 10 nitrogen and oxygen atoms in total. The van der Waals surface area contributed by atoms with Crippen LogP contribution in [0.15, 0.2) is 30.5 Å². The molecule has 1 saturated carbocycles. The van der Waals surface area contributed by atoms with Crippen LogP contribution in [0, 0.1) is 6.92 Å². The van der Waals surface area contributed by atoms with Gasteiger partial charge >= 0.3 is 5.97 Å². The Morgan fingerprint density at radius 2 is 1.91 bits per heavy atom. The lowest BCUT2D eigenvalue weighted by atomic mass is 9.94. The summed E-state index contributed by atoms with van der Waals surface area (Å²) in [7, 11) is 0. The van der Waals surface area contributed by atoms with Crippen molar-refractivity contribution in [3.05, 3.63) is 41.6 Å². The van der Waals surface area contributed by atoms with Crippen LogP contribution in [0.4, 0.5) is 17.5 Å². The molecule has 0 aliphatic heterocycles. The first-order valence-corrected chi connectivity index (χ1v) is 12.0. The van der Waals surface area contributed by atoms with Crippen LogP contribution in [-0.2, 0) is 11.3 Å². The average Bonchev–Trinajstić information content (AvgIpc) is 2.84. The van der Waals surface area contributed by atoms with Gasteiger partial charge in [0.05, 0.1) is 12.0 Å². The van der Waals surface area contributed by atoms with Gasteiger partial charge < -0.3 is 31.9 Å². The number of carboxylic acids is 1. The van der Waals surface area contributed by atoms with Gasteiger partial charge in [0.2, 0.25) is 5.95 Å². The molecule has 1 fully saturated rings. The van der Waals surface area contributed by atoms with Crippen molar-refractivity contribution >= 4 is 34.5 Å². The van der Waals surface area contributed by atoms with E-state index in [0.717, 1.165) is 42.5 Å². The van der Waals surface area contributed by atoms with Crippen molar-refractivity contribution in [2.24, 2.45) is 0 Å². The van der Waals surface area contributed by atoms with Gasteiger partial charge in [-0.25, -0.2) is 4.98 Å². The van der Waals surface area contributed by atoms with Crippen LogP contribution in [0.25, 0.3) is 11.0 Å². The molecule has 2 aromatic heterocycles. The van der Waals surface area contributed by atoms with Gasteiger partial charge in [0.15, 0.2) is 5.65 Å². The second-order valence-corrected chi connectivity index (χ2v) is 8.98. The van der Waals surface area contributed by atoms with Gasteiger partial charge in [0.25, 0.3) is 0 Å². The fourth-order valence-electron chi connectivity index (χ4n) is 4.50. The van der Waals surface area contributed by atoms with Crippen LogP contribution in [0.3, 0.4) is 0 Å². The molecule has 0 radical (unpaired) electrons. The normalized spacial score (nSPS) is 15.1. The van der Waals surface area contributed by atoms with Crippen molar-refractivity contribution in [2.45, 2.75) is 64.1 Å². The van der Waals surface area contributed by atoms with E-state index in [-0.39, 0.29) is 5.95 Å². The summed E-state index contributed by atoms with van der Waals surface area (Å²) in [5.41, 5.74) is 15.0. The second kappa shape index (κ2) is 11.2. The number of carbonyl (C=O) groups is 1. The Bertz CT molecular complexity index is 1160. The lowest BCUT2D eigenvalue weighted by molar-refractivity contribution is -0.140. The van der Waals surface area contributed by atoms with E-state index in [0.29, 0.717) is 48.2 Å². The SMILES string of the molecule is Cc1c(CNc2ccc(OCCC(NC3CCCCC3)C(=O)O)cc2)cnc2nc(N)nc(N)c12. The number of benzene rings is 1. The third kappa shape index (κ3) is 6.27. The molecule has 3 aromatic rings. The highest BCUT2D eigenvalue weighted by Gasteiger charge is 2.22. The molecule has 10 heteroatoms. The number of aliphatic carboxylic acids is 1. The number of pyridine rings is 1. The Morgan fingerprint density at radius 3 is 2.63 bits per heavy atom. The minimum atomic E-state index is -0.825. The van der Waals surface area contributed by atoms with Gasteiger partial charge in [0, 0.05) is 30.9 Å². The van der Waals surface area contributed by atoms with Crippen LogP contribution in [0.1, 0.15) is 49.7 Å². The van der Waals surface area contributed by atoms with E-state index in [1.165, 1.54) is 6.42 Å². The largest absolute Gasteiger partial charge is 0.494 e. The summed E-state index contributed by atoms with van der Waals surface area (Å²) < 4.78 is 5.80. The topological polar surface area (TPSA) is 161 Å². The van der Waals surface area contributed by atoms with Crippen LogP contribution >= 0.6 is 0 Å². The highest BCUT2D eigenvalue weighted by Crippen LogP contribution is 2.25. The van der Waals surface area contributed by atoms with Crippen molar-refractivity contribution in [3.8, 4) is 5.75 Å².